The lowest BCUT2D eigenvalue weighted by molar-refractivity contribution is -0.143. The fraction of sp³-hybridized carbons (Fsp3) is 0.250. The van der Waals surface area contributed by atoms with Gasteiger partial charge in [0.2, 0.25) is 0 Å². The van der Waals surface area contributed by atoms with Crippen LogP contribution in [0, 0.1) is 5.82 Å². The Hall–Kier alpha value is -4.24. The summed E-state index contributed by atoms with van der Waals surface area (Å²) in [5.74, 6) is -1.17. The highest BCUT2D eigenvalue weighted by Crippen LogP contribution is 2.25. The molecule has 4 aromatic rings. The van der Waals surface area contributed by atoms with Gasteiger partial charge in [0.15, 0.2) is 0 Å². The van der Waals surface area contributed by atoms with E-state index in [9.17, 15) is 19.1 Å². The van der Waals surface area contributed by atoms with Crippen molar-refractivity contribution < 1.29 is 14.3 Å². The molecule has 0 saturated carbocycles. The number of anilines is 1. The Bertz CT molecular complexity index is 1410. The summed E-state index contributed by atoms with van der Waals surface area (Å²) in [6, 6.07) is 22.0. The molecule has 1 aromatic heterocycles. The average molecular weight is 502 g/mol. The summed E-state index contributed by atoms with van der Waals surface area (Å²) >= 11 is 0. The number of nitrogens with zero attached hydrogens (tertiary/aromatic N) is 5. The molecule has 8 nitrogen and oxygen atoms in total. The second kappa shape index (κ2) is 10.4. The number of benzene rings is 3. The second-order valence-corrected chi connectivity index (χ2v) is 9.15. The normalized spacial score (nSPS) is 15.9. The van der Waals surface area contributed by atoms with Gasteiger partial charge >= 0.3 is 11.7 Å². The molecule has 3 aromatic carbocycles. The quantitative estimate of drug-likeness (QED) is 0.416. The van der Waals surface area contributed by atoms with E-state index in [0.29, 0.717) is 31.9 Å². The number of carboxylic acids is 1. The van der Waals surface area contributed by atoms with Crippen molar-refractivity contribution in [1.29, 1.82) is 0 Å². The van der Waals surface area contributed by atoms with Gasteiger partial charge in [-0.1, -0.05) is 42.5 Å². The number of carboxylic acid groups (broad SMARTS) is 1. The Labute approximate surface area is 213 Å². The number of aromatic nitrogens is 3. The van der Waals surface area contributed by atoms with Crippen LogP contribution in [0.2, 0.25) is 0 Å². The molecule has 5 rings (SSSR count). The Morgan fingerprint density at radius 2 is 1.49 bits per heavy atom. The molecular formula is C28H28FN5O3. The van der Waals surface area contributed by atoms with Crippen LogP contribution in [0.4, 0.5) is 10.1 Å². The fourth-order valence-corrected chi connectivity index (χ4v) is 4.85. The van der Waals surface area contributed by atoms with E-state index < -0.39 is 12.0 Å². The van der Waals surface area contributed by atoms with Crippen molar-refractivity contribution in [3.8, 4) is 5.69 Å². The highest BCUT2D eigenvalue weighted by atomic mass is 19.1. The Morgan fingerprint density at radius 3 is 2.11 bits per heavy atom. The third-order valence-electron chi connectivity index (χ3n) is 6.93. The summed E-state index contributed by atoms with van der Waals surface area (Å²) in [7, 11) is 0. The zero-order valence-corrected chi connectivity index (χ0v) is 20.4. The van der Waals surface area contributed by atoms with Crippen molar-refractivity contribution in [2.24, 2.45) is 0 Å². The SMILES string of the molecule is C[C@H](c1ccc(F)cc1)n1ncn(-c2ccc(N3CCN([C@@H](C(=O)O)c4ccccc4)CC3)cc2)c1=O. The van der Waals surface area contributed by atoms with Gasteiger partial charge in [0.1, 0.15) is 18.2 Å². The van der Waals surface area contributed by atoms with Gasteiger partial charge in [-0.2, -0.15) is 5.10 Å². The number of halogens is 1. The van der Waals surface area contributed by atoms with Crippen molar-refractivity contribution in [1.82, 2.24) is 19.2 Å². The molecule has 1 aliphatic rings. The van der Waals surface area contributed by atoms with Gasteiger partial charge in [0.25, 0.3) is 0 Å². The molecule has 1 aliphatic heterocycles. The predicted molar refractivity (Wildman–Crippen MR) is 139 cm³/mol. The zero-order chi connectivity index (χ0) is 25.9. The molecular weight excluding hydrogens is 473 g/mol. The van der Waals surface area contributed by atoms with E-state index >= 15 is 0 Å². The van der Waals surface area contributed by atoms with Gasteiger partial charge < -0.3 is 10.0 Å². The van der Waals surface area contributed by atoms with Crippen LogP contribution in [0.5, 0.6) is 0 Å². The standard InChI is InChI=1S/C28H28FN5O3/c1-20(21-7-9-23(29)10-8-21)34-28(37)33(19-30-34)25-13-11-24(12-14-25)31-15-17-32(18-16-31)26(27(35)36)22-5-3-2-4-6-22/h2-14,19-20,26H,15-18H2,1H3,(H,35,36)/t20-,26-/m1/s1. The highest BCUT2D eigenvalue weighted by molar-refractivity contribution is 5.75. The topological polar surface area (TPSA) is 83.6 Å². The Kier molecular flexibility index (Phi) is 6.87. The summed E-state index contributed by atoms with van der Waals surface area (Å²) in [4.78, 5) is 29.2. The summed E-state index contributed by atoms with van der Waals surface area (Å²) in [6.07, 6.45) is 1.49. The monoisotopic (exact) mass is 501 g/mol. The first-order chi connectivity index (χ1) is 17.9. The van der Waals surface area contributed by atoms with Crippen LogP contribution >= 0.6 is 0 Å². The maximum Gasteiger partial charge on any atom is 0.350 e. The number of rotatable bonds is 7. The maximum absolute atomic E-state index is 13.3. The summed E-state index contributed by atoms with van der Waals surface area (Å²) in [6.45, 7) is 4.50. The molecule has 1 fully saturated rings. The van der Waals surface area contributed by atoms with Crippen LogP contribution in [-0.2, 0) is 4.79 Å². The molecule has 1 N–H and O–H groups in total. The van der Waals surface area contributed by atoms with Crippen molar-refractivity contribution in [2.45, 2.75) is 19.0 Å². The highest BCUT2D eigenvalue weighted by Gasteiger charge is 2.30. The summed E-state index contributed by atoms with van der Waals surface area (Å²) in [5.41, 5.74) is 3.00. The molecule has 190 valence electrons. The van der Waals surface area contributed by atoms with E-state index in [1.165, 1.54) is 27.7 Å². The summed E-state index contributed by atoms with van der Waals surface area (Å²) < 4.78 is 16.1. The zero-order valence-electron chi connectivity index (χ0n) is 20.4. The first-order valence-corrected chi connectivity index (χ1v) is 12.2. The fourth-order valence-electron chi connectivity index (χ4n) is 4.85. The first kappa shape index (κ1) is 24.5. The molecule has 0 radical (unpaired) electrons. The molecule has 1 saturated heterocycles. The van der Waals surface area contributed by atoms with Crippen LogP contribution in [0.25, 0.3) is 5.69 Å². The summed E-state index contributed by atoms with van der Waals surface area (Å²) in [5, 5.41) is 14.1. The van der Waals surface area contributed by atoms with Gasteiger partial charge in [0, 0.05) is 31.9 Å². The molecule has 0 bridgehead atoms. The van der Waals surface area contributed by atoms with Crippen LogP contribution in [0.3, 0.4) is 0 Å². The van der Waals surface area contributed by atoms with Crippen LogP contribution in [0.1, 0.15) is 30.1 Å². The van der Waals surface area contributed by atoms with Crippen molar-refractivity contribution >= 4 is 11.7 Å². The molecule has 2 heterocycles. The van der Waals surface area contributed by atoms with Gasteiger partial charge in [0.05, 0.1) is 11.7 Å². The first-order valence-electron chi connectivity index (χ1n) is 12.2. The number of carbonyl (C=O) groups is 1. The lowest BCUT2D eigenvalue weighted by Gasteiger charge is -2.39. The van der Waals surface area contributed by atoms with Gasteiger partial charge in [-0.25, -0.2) is 18.4 Å². The molecule has 0 amide bonds. The largest absolute Gasteiger partial charge is 0.480 e. The third-order valence-corrected chi connectivity index (χ3v) is 6.93. The Balaban J connectivity index is 1.27. The minimum absolute atomic E-state index is 0.279. The van der Waals surface area contributed by atoms with E-state index in [0.717, 1.165) is 16.8 Å². The van der Waals surface area contributed by atoms with Gasteiger partial charge in [-0.05, 0) is 54.4 Å². The van der Waals surface area contributed by atoms with E-state index in [-0.39, 0.29) is 17.5 Å². The van der Waals surface area contributed by atoms with E-state index in [4.69, 9.17) is 0 Å². The number of hydrogen-bond acceptors (Lipinski definition) is 5. The molecule has 0 aliphatic carbocycles. The van der Waals surface area contributed by atoms with E-state index in [2.05, 4.69) is 10.00 Å². The number of hydrogen-bond donors (Lipinski definition) is 1. The van der Waals surface area contributed by atoms with Crippen molar-refractivity contribution in [3.63, 3.8) is 0 Å². The minimum Gasteiger partial charge on any atom is -0.480 e. The average Bonchev–Trinajstić information content (AvgIpc) is 3.31. The number of piperazine rings is 1. The molecule has 37 heavy (non-hydrogen) atoms. The van der Waals surface area contributed by atoms with Gasteiger partial charge in [-0.15, -0.1) is 0 Å². The maximum atomic E-state index is 13.3. The van der Waals surface area contributed by atoms with Gasteiger partial charge in [-0.3, -0.25) is 9.69 Å². The lowest BCUT2D eigenvalue weighted by Crippen LogP contribution is -2.49. The lowest BCUT2D eigenvalue weighted by atomic mass is 10.0. The van der Waals surface area contributed by atoms with E-state index in [1.807, 2.05) is 66.4 Å². The minimum atomic E-state index is -0.844. The number of aliphatic carboxylic acids is 1. The van der Waals surface area contributed by atoms with E-state index in [1.54, 1.807) is 12.1 Å². The predicted octanol–water partition coefficient (Wildman–Crippen LogP) is 3.73. The van der Waals surface area contributed by atoms with Crippen LogP contribution in [-0.4, -0.2) is 56.5 Å². The molecule has 9 heteroatoms. The molecule has 0 unspecified atom stereocenters. The van der Waals surface area contributed by atoms with Crippen LogP contribution in [0.15, 0.2) is 90.0 Å². The van der Waals surface area contributed by atoms with Crippen molar-refractivity contribution in [3.05, 3.63) is 113 Å². The molecule has 2 atom stereocenters. The second-order valence-electron chi connectivity index (χ2n) is 9.15. The third kappa shape index (κ3) is 5.03. The molecule has 0 spiro atoms. The van der Waals surface area contributed by atoms with Crippen molar-refractivity contribution in [2.75, 3.05) is 31.1 Å². The van der Waals surface area contributed by atoms with Crippen LogP contribution < -0.4 is 10.6 Å². The Morgan fingerprint density at radius 1 is 0.865 bits per heavy atom. The smallest absolute Gasteiger partial charge is 0.350 e.